The van der Waals surface area contributed by atoms with E-state index in [-0.39, 0.29) is 19.6 Å². The van der Waals surface area contributed by atoms with Gasteiger partial charge in [0.05, 0.1) is 17.6 Å². The van der Waals surface area contributed by atoms with E-state index in [9.17, 15) is 9.59 Å². The Kier molecular flexibility index (Phi) is 4.48. The van der Waals surface area contributed by atoms with Gasteiger partial charge in [0.2, 0.25) is 0 Å². The van der Waals surface area contributed by atoms with E-state index in [1.165, 1.54) is 9.25 Å². The molecule has 0 saturated carbocycles. The zero-order chi connectivity index (χ0) is 18.6. The maximum atomic E-state index is 12.1. The van der Waals surface area contributed by atoms with Crippen molar-refractivity contribution < 1.29 is 13.9 Å². The molecule has 9 heteroatoms. The van der Waals surface area contributed by atoms with Gasteiger partial charge in [-0.3, -0.25) is 9.36 Å². The first kappa shape index (κ1) is 16.7. The van der Waals surface area contributed by atoms with Crippen molar-refractivity contribution in [1.82, 2.24) is 24.8 Å². The van der Waals surface area contributed by atoms with E-state index in [2.05, 4.69) is 15.5 Å². The summed E-state index contributed by atoms with van der Waals surface area (Å²) < 4.78 is 13.3. The SMILES string of the molecule is O=C(CCn1c(=O)oc2ccccc21)OCc1nnnn1-c1ccccc1. The van der Waals surface area contributed by atoms with E-state index >= 15 is 0 Å². The van der Waals surface area contributed by atoms with Crippen molar-refractivity contribution >= 4 is 17.1 Å². The highest BCUT2D eigenvalue weighted by atomic mass is 16.5. The fourth-order valence-electron chi connectivity index (χ4n) is 2.71. The molecule has 0 atom stereocenters. The van der Waals surface area contributed by atoms with Gasteiger partial charge in [-0.25, -0.2) is 4.79 Å². The Bertz CT molecular complexity index is 1130. The number of aryl methyl sites for hydroxylation is 1. The summed E-state index contributed by atoms with van der Waals surface area (Å²) in [5.41, 5.74) is 1.89. The molecule has 0 N–H and O–H groups in total. The zero-order valence-electron chi connectivity index (χ0n) is 14.2. The van der Waals surface area contributed by atoms with Gasteiger partial charge < -0.3 is 9.15 Å². The predicted octanol–water partition coefficient (Wildman–Crippen LogP) is 1.70. The standard InChI is InChI=1S/C18H15N5O4/c24-17(10-11-22-14-8-4-5-9-15(14)27-18(22)25)26-12-16-19-20-21-23(16)13-6-2-1-3-7-13/h1-9H,10-12H2. The Hall–Kier alpha value is -3.75. The van der Waals surface area contributed by atoms with E-state index in [0.717, 1.165) is 5.69 Å². The van der Waals surface area contributed by atoms with Gasteiger partial charge in [-0.1, -0.05) is 30.3 Å². The van der Waals surface area contributed by atoms with Crippen LogP contribution in [0, 0.1) is 0 Å². The van der Waals surface area contributed by atoms with Crippen molar-refractivity contribution in [2.45, 2.75) is 19.6 Å². The van der Waals surface area contributed by atoms with Crippen molar-refractivity contribution in [2.24, 2.45) is 0 Å². The molecule has 9 nitrogen and oxygen atoms in total. The minimum absolute atomic E-state index is 0.0241. The molecule has 2 aromatic carbocycles. The number of rotatable bonds is 6. The van der Waals surface area contributed by atoms with Crippen LogP contribution in [0.2, 0.25) is 0 Å². The second kappa shape index (κ2) is 7.24. The number of fused-ring (bicyclic) bond motifs is 1. The molecule has 0 radical (unpaired) electrons. The molecule has 4 aromatic rings. The summed E-state index contributed by atoms with van der Waals surface area (Å²) in [6, 6.07) is 16.3. The number of nitrogens with zero attached hydrogens (tertiary/aromatic N) is 5. The van der Waals surface area contributed by atoms with Gasteiger partial charge in [-0.05, 0) is 34.7 Å². The van der Waals surface area contributed by atoms with Crippen LogP contribution in [0.3, 0.4) is 0 Å². The lowest BCUT2D eigenvalue weighted by atomic mass is 10.3. The normalized spacial score (nSPS) is 11.0. The Morgan fingerprint density at radius 1 is 1.07 bits per heavy atom. The molecule has 2 aromatic heterocycles. The average Bonchev–Trinajstić information content (AvgIpc) is 3.29. The number of hydrogen-bond acceptors (Lipinski definition) is 7. The molecule has 0 fully saturated rings. The van der Waals surface area contributed by atoms with Crippen LogP contribution in [0.25, 0.3) is 16.8 Å². The van der Waals surface area contributed by atoms with E-state index in [0.29, 0.717) is 16.9 Å². The van der Waals surface area contributed by atoms with Crippen molar-refractivity contribution in [3.8, 4) is 5.69 Å². The van der Waals surface area contributed by atoms with Gasteiger partial charge in [-0.15, -0.1) is 5.10 Å². The lowest BCUT2D eigenvalue weighted by Gasteiger charge is -2.06. The van der Waals surface area contributed by atoms with Gasteiger partial charge in [0.15, 0.2) is 18.0 Å². The molecule has 0 aliphatic carbocycles. The molecule has 0 spiro atoms. The van der Waals surface area contributed by atoms with Crippen LogP contribution >= 0.6 is 0 Å². The van der Waals surface area contributed by atoms with E-state index < -0.39 is 11.7 Å². The number of aromatic nitrogens is 5. The maximum Gasteiger partial charge on any atom is 0.419 e. The Morgan fingerprint density at radius 3 is 2.70 bits per heavy atom. The summed E-state index contributed by atoms with van der Waals surface area (Å²) in [5.74, 6) is -0.563. The molecule has 0 unspecified atom stereocenters. The van der Waals surface area contributed by atoms with Crippen LogP contribution in [-0.4, -0.2) is 30.7 Å². The summed E-state index contributed by atoms with van der Waals surface area (Å²) in [6.07, 6.45) is 0.0241. The fourth-order valence-corrected chi connectivity index (χ4v) is 2.71. The quantitative estimate of drug-likeness (QED) is 0.479. The van der Waals surface area contributed by atoms with Gasteiger partial charge in [0.25, 0.3) is 0 Å². The lowest BCUT2D eigenvalue weighted by molar-refractivity contribution is -0.145. The van der Waals surface area contributed by atoms with Crippen molar-refractivity contribution in [3.63, 3.8) is 0 Å². The Balaban J connectivity index is 1.39. The molecule has 0 aliphatic rings. The first-order valence-electron chi connectivity index (χ1n) is 8.29. The minimum Gasteiger partial charge on any atom is -0.457 e. The predicted molar refractivity (Wildman–Crippen MR) is 94.0 cm³/mol. The van der Waals surface area contributed by atoms with Crippen LogP contribution in [0.5, 0.6) is 0 Å². The third-order valence-electron chi connectivity index (χ3n) is 4.01. The second-order valence-electron chi connectivity index (χ2n) is 5.74. The molecule has 0 saturated heterocycles. The van der Waals surface area contributed by atoms with Gasteiger partial charge in [0.1, 0.15) is 0 Å². The molecule has 0 amide bonds. The van der Waals surface area contributed by atoms with Crippen LogP contribution < -0.4 is 5.76 Å². The van der Waals surface area contributed by atoms with Gasteiger partial charge in [0, 0.05) is 6.54 Å². The molecule has 2 heterocycles. The first-order valence-corrected chi connectivity index (χ1v) is 8.29. The number of hydrogen-bond donors (Lipinski definition) is 0. The number of carbonyl (C=O) groups is 1. The molecule has 0 aliphatic heterocycles. The van der Waals surface area contributed by atoms with Crippen molar-refractivity contribution in [2.75, 3.05) is 0 Å². The first-order chi connectivity index (χ1) is 13.2. The topological polar surface area (TPSA) is 105 Å². The third-order valence-corrected chi connectivity index (χ3v) is 4.01. The number of carbonyl (C=O) groups excluding carboxylic acids is 1. The van der Waals surface area contributed by atoms with Crippen LogP contribution in [0.15, 0.2) is 63.8 Å². The van der Waals surface area contributed by atoms with E-state index in [1.807, 2.05) is 30.3 Å². The number of esters is 1. The van der Waals surface area contributed by atoms with Gasteiger partial charge in [-0.2, -0.15) is 4.68 Å². The fraction of sp³-hybridized carbons (Fsp3) is 0.167. The van der Waals surface area contributed by atoms with Crippen LogP contribution in [0.4, 0.5) is 0 Å². The Labute approximate surface area is 152 Å². The summed E-state index contributed by atoms with van der Waals surface area (Å²) in [5, 5.41) is 11.4. The maximum absolute atomic E-state index is 12.1. The van der Waals surface area contributed by atoms with Crippen molar-refractivity contribution in [1.29, 1.82) is 0 Å². The smallest absolute Gasteiger partial charge is 0.419 e. The van der Waals surface area contributed by atoms with E-state index in [4.69, 9.17) is 9.15 Å². The van der Waals surface area contributed by atoms with Gasteiger partial charge >= 0.3 is 11.7 Å². The molecule has 136 valence electrons. The number of benzene rings is 2. The highest BCUT2D eigenvalue weighted by molar-refractivity contribution is 5.73. The third kappa shape index (κ3) is 3.47. The molecule has 0 bridgehead atoms. The Morgan fingerprint density at radius 2 is 1.85 bits per heavy atom. The minimum atomic E-state index is -0.503. The summed E-state index contributed by atoms with van der Waals surface area (Å²) >= 11 is 0. The largest absolute Gasteiger partial charge is 0.457 e. The van der Waals surface area contributed by atoms with Crippen LogP contribution in [-0.2, 0) is 22.7 Å². The summed E-state index contributed by atoms with van der Waals surface area (Å²) in [4.78, 5) is 24.0. The zero-order valence-corrected chi connectivity index (χ0v) is 14.2. The number of ether oxygens (including phenoxy) is 1. The monoisotopic (exact) mass is 365 g/mol. The number of oxazole rings is 1. The lowest BCUT2D eigenvalue weighted by Crippen LogP contribution is -2.18. The molecular weight excluding hydrogens is 350 g/mol. The highest BCUT2D eigenvalue weighted by Crippen LogP contribution is 2.12. The van der Waals surface area contributed by atoms with E-state index in [1.54, 1.807) is 24.3 Å². The highest BCUT2D eigenvalue weighted by Gasteiger charge is 2.13. The van der Waals surface area contributed by atoms with Crippen LogP contribution in [0.1, 0.15) is 12.2 Å². The number of para-hydroxylation sites is 3. The average molecular weight is 365 g/mol. The second-order valence-corrected chi connectivity index (χ2v) is 5.74. The number of tetrazole rings is 1. The molecule has 27 heavy (non-hydrogen) atoms. The molecule has 4 rings (SSSR count). The molecular formula is C18H15N5O4. The summed E-state index contributed by atoms with van der Waals surface area (Å²) in [7, 11) is 0. The summed E-state index contributed by atoms with van der Waals surface area (Å²) in [6.45, 7) is 0.0973. The van der Waals surface area contributed by atoms with Crippen molar-refractivity contribution in [3.05, 3.63) is 71.0 Å².